The zero-order chi connectivity index (χ0) is 30.9. The lowest BCUT2D eigenvalue weighted by molar-refractivity contribution is 0.0957. The van der Waals surface area contributed by atoms with Crippen molar-refractivity contribution in [2.45, 2.75) is 19.9 Å². The lowest BCUT2D eigenvalue weighted by Gasteiger charge is -2.23. The summed E-state index contributed by atoms with van der Waals surface area (Å²) < 4.78 is 45.2. The molecule has 1 N–H and O–H groups in total. The molecule has 44 heavy (non-hydrogen) atoms. The van der Waals surface area contributed by atoms with Crippen LogP contribution in [-0.2, 0) is 23.0 Å². The molecule has 0 atom stereocenters. The summed E-state index contributed by atoms with van der Waals surface area (Å²) >= 11 is 0. The third-order valence-corrected chi connectivity index (χ3v) is 9.53. The number of benzene rings is 3. The minimum Gasteiger partial charge on any atom is -0.354 e. The molecule has 3 aromatic carbocycles. The van der Waals surface area contributed by atoms with E-state index < -0.39 is 10.0 Å². The third-order valence-electron chi connectivity index (χ3n) is 8.34. The smallest absolute Gasteiger partial charge is 0.270 e. The van der Waals surface area contributed by atoms with Crippen LogP contribution in [0.25, 0.3) is 50.1 Å². The van der Waals surface area contributed by atoms with Crippen molar-refractivity contribution in [2.75, 3.05) is 24.7 Å². The first-order valence-corrected chi connectivity index (χ1v) is 16.0. The molecule has 0 fully saturated rings. The van der Waals surface area contributed by atoms with Crippen molar-refractivity contribution in [1.29, 1.82) is 0 Å². The molecular weight excluding hydrogens is 579 g/mol. The predicted octanol–water partition coefficient (Wildman–Crippen LogP) is 5.47. The zero-order valence-corrected chi connectivity index (χ0v) is 25.4. The number of carbonyl (C=O) groups is 1. The Bertz CT molecular complexity index is 2250. The minimum absolute atomic E-state index is 0.295. The lowest BCUT2D eigenvalue weighted by atomic mass is 10.00. The number of pyridine rings is 1. The van der Waals surface area contributed by atoms with Gasteiger partial charge < -0.3 is 9.88 Å². The number of aryl methyl sites for hydroxylation is 3. The Morgan fingerprint density at radius 2 is 1.80 bits per heavy atom. The van der Waals surface area contributed by atoms with Gasteiger partial charge in [0, 0.05) is 37.0 Å². The predicted molar refractivity (Wildman–Crippen MR) is 170 cm³/mol. The second-order valence-electron chi connectivity index (χ2n) is 11.1. The first-order valence-electron chi connectivity index (χ1n) is 14.1. The summed E-state index contributed by atoms with van der Waals surface area (Å²) in [5.41, 5.74) is 7.24. The summed E-state index contributed by atoms with van der Waals surface area (Å²) in [5, 5.41) is 8.54. The van der Waals surface area contributed by atoms with Gasteiger partial charge in [-0.1, -0.05) is 29.8 Å². The van der Waals surface area contributed by atoms with E-state index >= 15 is 0 Å². The van der Waals surface area contributed by atoms with Crippen molar-refractivity contribution in [3.8, 4) is 28.3 Å². The molecule has 1 amide bonds. The Morgan fingerprint density at radius 3 is 2.52 bits per heavy atom. The molecule has 0 unspecified atom stereocenters. The van der Waals surface area contributed by atoms with Crippen LogP contribution in [0.15, 0.2) is 72.8 Å². The highest BCUT2D eigenvalue weighted by Gasteiger charge is 2.27. The van der Waals surface area contributed by atoms with Gasteiger partial charge in [-0.25, -0.2) is 22.5 Å². The fourth-order valence-corrected chi connectivity index (χ4v) is 6.46. The standard InChI is InChI=1S/C33H29FN6O3S/c1-19-8-11-21(12-9-19)40-32(33(41)35-2)24-16-23(29(18-27(24)37-40)38(3)44(4,42)43)26-13-10-20-14-15-39-28-7-5-6-25(34)22(28)17-30(39)31(20)36-26/h5-13,16-18H,14-15H2,1-4H3,(H,35,41). The highest BCUT2D eigenvalue weighted by atomic mass is 32.2. The molecule has 1 aliphatic rings. The number of halogens is 1. The number of hydrogen-bond acceptors (Lipinski definition) is 5. The summed E-state index contributed by atoms with van der Waals surface area (Å²) in [7, 11) is -0.641. The van der Waals surface area contributed by atoms with E-state index in [4.69, 9.17) is 10.1 Å². The highest BCUT2D eigenvalue weighted by molar-refractivity contribution is 7.92. The van der Waals surface area contributed by atoms with Gasteiger partial charge in [-0.2, -0.15) is 5.10 Å². The summed E-state index contributed by atoms with van der Waals surface area (Å²) in [6.45, 7) is 2.67. The summed E-state index contributed by atoms with van der Waals surface area (Å²) in [4.78, 5) is 18.3. The minimum atomic E-state index is -3.68. The van der Waals surface area contributed by atoms with Crippen LogP contribution in [0.1, 0.15) is 21.6 Å². The van der Waals surface area contributed by atoms with E-state index in [1.807, 2.05) is 55.5 Å². The van der Waals surface area contributed by atoms with E-state index in [0.29, 0.717) is 56.9 Å². The molecular formula is C33H29FN6O3S. The maximum absolute atomic E-state index is 14.7. The van der Waals surface area contributed by atoms with Crippen LogP contribution in [0.4, 0.5) is 10.1 Å². The number of nitrogens with zero attached hydrogens (tertiary/aromatic N) is 5. The van der Waals surface area contributed by atoms with Gasteiger partial charge in [-0.15, -0.1) is 0 Å². The van der Waals surface area contributed by atoms with Crippen LogP contribution in [-0.4, -0.2) is 54.0 Å². The molecule has 6 aromatic rings. The van der Waals surface area contributed by atoms with Crippen LogP contribution in [0.5, 0.6) is 0 Å². The molecule has 1 aliphatic heterocycles. The lowest BCUT2D eigenvalue weighted by Crippen LogP contribution is -2.25. The number of aromatic nitrogens is 4. The van der Waals surface area contributed by atoms with Crippen LogP contribution >= 0.6 is 0 Å². The van der Waals surface area contributed by atoms with Gasteiger partial charge in [0.1, 0.15) is 11.5 Å². The fraction of sp³-hybridized carbons (Fsp3) is 0.182. The number of amides is 1. The van der Waals surface area contributed by atoms with Crippen LogP contribution in [0.2, 0.25) is 0 Å². The van der Waals surface area contributed by atoms with Crippen molar-refractivity contribution in [3.05, 3.63) is 95.4 Å². The molecule has 0 saturated heterocycles. The SMILES string of the molecule is CNC(=O)c1c2cc(-c3ccc4c(n3)-c3cc5c(F)cccc5n3CC4)c(N(C)S(C)(=O)=O)cc2nn1-c1ccc(C)cc1. The molecule has 0 aliphatic carbocycles. The quantitative estimate of drug-likeness (QED) is 0.280. The largest absolute Gasteiger partial charge is 0.354 e. The summed E-state index contributed by atoms with van der Waals surface area (Å²) in [6, 6.07) is 21.8. The van der Waals surface area contributed by atoms with E-state index in [0.717, 1.165) is 35.0 Å². The Morgan fingerprint density at radius 1 is 1.02 bits per heavy atom. The van der Waals surface area contributed by atoms with Crippen molar-refractivity contribution >= 4 is 43.4 Å². The number of carbonyl (C=O) groups excluding carboxylic acids is 1. The van der Waals surface area contributed by atoms with Gasteiger partial charge in [-0.3, -0.25) is 9.10 Å². The Kier molecular flexibility index (Phi) is 6.33. The van der Waals surface area contributed by atoms with Gasteiger partial charge in [0.05, 0.1) is 45.7 Å². The zero-order valence-electron chi connectivity index (χ0n) is 24.6. The van der Waals surface area contributed by atoms with Crippen molar-refractivity contribution in [1.82, 2.24) is 24.6 Å². The number of sulfonamides is 1. The van der Waals surface area contributed by atoms with Crippen molar-refractivity contribution < 1.29 is 17.6 Å². The molecule has 0 radical (unpaired) electrons. The molecule has 0 spiro atoms. The van der Waals surface area contributed by atoms with Crippen molar-refractivity contribution in [3.63, 3.8) is 0 Å². The summed E-state index contributed by atoms with van der Waals surface area (Å²) in [6.07, 6.45) is 1.85. The van der Waals surface area contributed by atoms with Crippen molar-refractivity contribution in [2.24, 2.45) is 0 Å². The molecule has 11 heteroatoms. The molecule has 3 aromatic heterocycles. The Balaban J connectivity index is 1.50. The van der Waals surface area contributed by atoms with Gasteiger partial charge in [-0.05, 0) is 67.4 Å². The fourth-order valence-electron chi connectivity index (χ4n) is 5.95. The Hall–Kier alpha value is -5.03. The topological polar surface area (TPSA) is 102 Å². The van der Waals surface area contributed by atoms with Gasteiger partial charge in [0.2, 0.25) is 10.0 Å². The number of hydrogen-bond donors (Lipinski definition) is 1. The van der Waals surface area contributed by atoms with Crippen LogP contribution in [0, 0.1) is 12.7 Å². The number of nitrogens with one attached hydrogen (secondary N) is 1. The van der Waals surface area contributed by atoms with E-state index in [1.165, 1.54) is 17.4 Å². The average Bonchev–Trinajstić information content (AvgIpc) is 3.59. The van der Waals surface area contributed by atoms with Gasteiger partial charge >= 0.3 is 0 Å². The first-order chi connectivity index (χ1) is 21.0. The molecule has 9 nitrogen and oxygen atoms in total. The normalized spacial score (nSPS) is 12.8. The van der Waals surface area contributed by atoms with Gasteiger partial charge in [0.25, 0.3) is 5.91 Å². The maximum Gasteiger partial charge on any atom is 0.270 e. The third kappa shape index (κ3) is 4.34. The first kappa shape index (κ1) is 27.8. The molecule has 222 valence electrons. The Labute approximate surface area is 253 Å². The van der Waals surface area contributed by atoms with Crippen LogP contribution < -0.4 is 9.62 Å². The van der Waals surface area contributed by atoms with E-state index in [1.54, 1.807) is 29.9 Å². The number of rotatable bonds is 5. The van der Waals surface area contributed by atoms with Gasteiger partial charge in [0.15, 0.2) is 0 Å². The molecule has 7 rings (SSSR count). The molecule has 0 bridgehead atoms. The molecule has 0 saturated carbocycles. The molecule has 4 heterocycles. The summed E-state index contributed by atoms with van der Waals surface area (Å²) in [5.74, 6) is -0.634. The second kappa shape index (κ2) is 10.0. The van der Waals surface area contributed by atoms with E-state index in [2.05, 4.69) is 9.88 Å². The monoisotopic (exact) mass is 608 g/mol. The van der Waals surface area contributed by atoms with E-state index in [9.17, 15) is 17.6 Å². The number of anilines is 1. The second-order valence-corrected chi connectivity index (χ2v) is 13.1. The average molecular weight is 609 g/mol. The maximum atomic E-state index is 14.7. The number of fused-ring (bicyclic) bond motifs is 6. The van der Waals surface area contributed by atoms with E-state index in [-0.39, 0.29) is 11.7 Å². The van der Waals surface area contributed by atoms with Crippen LogP contribution in [0.3, 0.4) is 0 Å². The highest BCUT2D eigenvalue weighted by Crippen LogP contribution is 2.40.